The summed E-state index contributed by atoms with van der Waals surface area (Å²) in [5, 5.41) is 3.27. The molecule has 0 fully saturated rings. The fourth-order valence-corrected chi connectivity index (χ4v) is 2.06. The SMILES string of the molecule is Cc1cc(CNc2ccc(-n3ccnc3)nc2)ccc1F. The molecule has 3 rings (SSSR count). The van der Waals surface area contributed by atoms with Crippen molar-refractivity contribution >= 4 is 5.69 Å². The number of pyridine rings is 1. The molecule has 0 aliphatic rings. The zero-order valence-corrected chi connectivity index (χ0v) is 11.6. The number of rotatable bonds is 4. The average Bonchev–Trinajstić information content (AvgIpc) is 3.03. The second kappa shape index (κ2) is 5.75. The van der Waals surface area contributed by atoms with Gasteiger partial charge in [0.1, 0.15) is 18.0 Å². The van der Waals surface area contributed by atoms with E-state index < -0.39 is 0 Å². The summed E-state index contributed by atoms with van der Waals surface area (Å²) >= 11 is 0. The van der Waals surface area contributed by atoms with E-state index in [9.17, 15) is 4.39 Å². The molecule has 0 saturated heterocycles. The monoisotopic (exact) mass is 282 g/mol. The van der Waals surface area contributed by atoms with Gasteiger partial charge < -0.3 is 5.32 Å². The van der Waals surface area contributed by atoms with E-state index in [2.05, 4.69) is 15.3 Å². The molecule has 1 aromatic carbocycles. The standard InChI is InChI=1S/C16H15FN4/c1-12-8-13(2-4-15(12)17)9-19-14-3-5-16(20-10-14)21-7-6-18-11-21/h2-8,10-11,19H,9H2,1H3. The normalized spacial score (nSPS) is 10.6. The van der Waals surface area contributed by atoms with E-state index in [1.165, 1.54) is 6.07 Å². The molecule has 1 N–H and O–H groups in total. The molecular formula is C16H15FN4. The fraction of sp³-hybridized carbons (Fsp3) is 0.125. The Bertz CT molecular complexity index is 721. The second-order valence-corrected chi connectivity index (χ2v) is 4.81. The van der Waals surface area contributed by atoms with E-state index in [4.69, 9.17) is 0 Å². The maximum atomic E-state index is 13.2. The Morgan fingerprint density at radius 2 is 2.14 bits per heavy atom. The van der Waals surface area contributed by atoms with Crippen molar-refractivity contribution in [3.8, 4) is 5.82 Å². The van der Waals surface area contributed by atoms with Crippen LogP contribution in [-0.4, -0.2) is 14.5 Å². The average molecular weight is 282 g/mol. The van der Waals surface area contributed by atoms with Crippen LogP contribution in [0.25, 0.3) is 5.82 Å². The molecule has 21 heavy (non-hydrogen) atoms. The van der Waals surface area contributed by atoms with E-state index in [0.29, 0.717) is 12.1 Å². The number of nitrogens with one attached hydrogen (secondary N) is 1. The van der Waals surface area contributed by atoms with Gasteiger partial charge in [-0.25, -0.2) is 14.4 Å². The van der Waals surface area contributed by atoms with E-state index >= 15 is 0 Å². The summed E-state index contributed by atoms with van der Waals surface area (Å²) in [7, 11) is 0. The lowest BCUT2D eigenvalue weighted by atomic mass is 10.1. The van der Waals surface area contributed by atoms with Crippen LogP contribution in [0.4, 0.5) is 10.1 Å². The Hall–Kier alpha value is -2.69. The van der Waals surface area contributed by atoms with Crippen LogP contribution in [0.15, 0.2) is 55.2 Å². The first-order chi connectivity index (χ1) is 10.2. The predicted molar refractivity (Wildman–Crippen MR) is 79.8 cm³/mol. The maximum Gasteiger partial charge on any atom is 0.137 e. The highest BCUT2D eigenvalue weighted by Gasteiger charge is 2.01. The van der Waals surface area contributed by atoms with Gasteiger partial charge in [-0.3, -0.25) is 4.57 Å². The van der Waals surface area contributed by atoms with Crippen LogP contribution < -0.4 is 5.32 Å². The zero-order chi connectivity index (χ0) is 14.7. The molecule has 0 radical (unpaired) electrons. The molecule has 0 spiro atoms. The molecule has 0 amide bonds. The van der Waals surface area contributed by atoms with Gasteiger partial charge in [0.15, 0.2) is 0 Å². The topological polar surface area (TPSA) is 42.7 Å². The summed E-state index contributed by atoms with van der Waals surface area (Å²) in [5.74, 6) is 0.640. The molecule has 2 aromatic heterocycles. The summed E-state index contributed by atoms with van der Waals surface area (Å²) in [5.41, 5.74) is 2.61. The van der Waals surface area contributed by atoms with Crippen LogP contribution in [0.1, 0.15) is 11.1 Å². The summed E-state index contributed by atoms with van der Waals surface area (Å²) < 4.78 is 15.0. The summed E-state index contributed by atoms with van der Waals surface area (Å²) in [4.78, 5) is 8.35. The number of aryl methyl sites for hydroxylation is 1. The van der Waals surface area contributed by atoms with Gasteiger partial charge in [-0.1, -0.05) is 12.1 Å². The van der Waals surface area contributed by atoms with Gasteiger partial charge in [-0.15, -0.1) is 0 Å². The lowest BCUT2D eigenvalue weighted by molar-refractivity contribution is 0.617. The first-order valence-electron chi connectivity index (χ1n) is 6.66. The molecule has 4 nitrogen and oxygen atoms in total. The van der Waals surface area contributed by atoms with Gasteiger partial charge >= 0.3 is 0 Å². The van der Waals surface area contributed by atoms with E-state index in [0.717, 1.165) is 17.1 Å². The molecule has 0 atom stereocenters. The molecule has 0 bridgehead atoms. The van der Waals surface area contributed by atoms with Crippen molar-refractivity contribution < 1.29 is 4.39 Å². The van der Waals surface area contributed by atoms with E-state index in [1.807, 2.05) is 29.0 Å². The van der Waals surface area contributed by atoms with Crippen LogP contribution >= 0.6 is 0 Å². The molecule has 2 heterocycles. The van der Waals surface area contributed by atoms with Crippen LogP contribution in [-0.2, 0) is 6.54 Å². The Morgan fingerprint density at radius 3 is 2.81 bits per heavy atom. The quantitative estimate of drug-likeness (QED) is 0.798. The molecule has 0 saturated carbocycles. The first-order valence-corrected chi connectivity index (χ1v) is 6.66. The smallest absolute Gasteiger partial charge is 0.137 e. The summed E-state index contributed by atoms with van der Waals surface area (Å²) in [6.07, 6.45) is 7.03. The summed E-state index contributed by atoms with van der Waals surface area (Å²) in [6, 6.07) is 8.99. The molecule has 5 heteroatoms. The van der Waals surface area contributed by atoms with Gasteiger partial charge in [0.05, 0.1) is 11.9 Å². The molecule has 0 unspecified atom stereocenters. The minimum atomic E-state index is -0.176. The van der Waals surface area contributed by atoms with Crippen molar-refractivity contribution in [2.75, 3.05) is 5.32 Å². The molecule has 106 valence electrons. The van der Waals surface area contributed by atoms with Gasteiger partial charge in [-0.2, -0.15) is 0 Å². The van der Waals surface area contributed by atoms with Gasteiger partial charge in [0.2, 0.25) is 0 Å². The highest BCUT2D eigenvalue weighted by molar-refractivity contribution is 5.44. The van der Waals surface area contributed by atoms with Crippen LogP contribution in [0.3, 0.4) is 0 Å². The zero-order valence-electron chi connectivity index (χ0n) is 11.6. The minimum absolute atomic E-state index is 0.176. The number of anilines is 1. The lowest BCUT2D eigenvalue weighted by Gasteiger charge is -2.08. The fourth-order valence-electron chi connectivity index (χ4n) is 2.06. The number of benzene rings is 1. The largest absolute Gasteiger partial charge is 0.380 e. The molecule has 0 aliphatic carbocycles. The van der Waals surface area contributed by atoms with Crippen LogP contribution in [0, 0.1) is 12.7 Å². The maximum absolute atomic E-state index is 13.2. The van der Waals surface area contributed by atoms with Gasteiger partial charge in [-0.05, 0) is 36.2 Å². The van der Waals surface area contributed by atoms with Crippen LogP contribution in [0.5, 0.6) is 0 Å². The van der Waals surface area contributed by atoms with Crippen molar-refractivity contribution in [3.63, 3.8) is 0 Å². The third kappa shape index (κ3) is 3.08. The van der Waals surface area contributed by atoms with Gasteiger partial charge in [0, 0.05) is 18.9 Å². The summed E-state index contributed by atoms with van der Waals surface area (Å²) in [6.45, 7) is 2.40. The van der Waals surface area contributed by atoms with Crippen molar-refractivity contribution in [3.05, 3.63) is 72.2 Å². The van der Waals surface area contributed by atoms with E-state index in [-0.39, 0.29) is 5.82 Å². The van der Waals surface area contributed by atoms with Crippen molar-refractivity contribution in [2.45, 2.75) is 13.5 Å². The lowest BCUT2D eigenvalue weighted by Crippen LogP contribution is -2.01. The first kappa shape index (κ1) is 13.3. The third-order valence-corrected chi connectivity index (χ3v) is 3.24. The van der Waals surface area contributed by atoms with Crippen molar-refractivity contribution in [1.82, 2.24) is 14.5 Å². The van der Waals surface area contributed by atoms with E-state index in [1.54, 1.807) is 31.7 Å². The minimum Gasteiger partial charge on any atom is -0.380 e. The van der Waals surface area contributed by atoms with Gasteiger partial charge in [0.25, 0.3) is 0 Å². The number of hydrogen-bond donors (Lipinski definition) is 1. The number of aromatic nitrogens is 3. The Labute approximate surface area is 122 Å². The molecule has 0 aliphatic heterocycles. The third-order valence-electron chi connectivity index (χ3n) is 3.24. The van der Waals surface area contributed by atoms with Crippen molar-refractivity contribution in [1.29, 1.82) is 0 Å². The number of hydrogen-bond acceptors (Lipinski definition) is 3. The second-order valence-electron chi connectivity index (χ2n) is 4.81. The number of imidazole rings is 1. The molecular weight excluding hydrogens is 267 g/mol. The Balaban J connectivity index is 1.66. The van der Waals surface area contributed by atoms with Crippen LogP contribution in [0.2, 0.25) is 0 Å². The predicted octanol–water partition coefficient (Wildman–Crippen LogP) is 3.33. The van der Waals surface area contributed by atoms with Crippen molar-refractivity contribution in [2.24, 2.45) is 0 Å². The Morgan fingerprint density at radius 1 is 1.24 bits per heavy atom. The number of halogens is 1. The highest BCUT2D eigenvalue weighted by Crippen LogP contribution is 2.13. The molecule has 3 aromatic rings. The Kier molecular flexibility index (Phi) is 3.64. The number of nitrogens with zero attached hydrogens (tertiary/aromatic N) is 3. The highest BCUT2D eigenvalue weighted by atomic mass is 19.1.